The predicted octanol–water partition coefficient (Wildman–Crippen LogP) is 0.640. The minimum absolute atomic E-state index is 0.216. The van der Waals surface area contributed by atoms with Crippen molar-refractivity contribution in [2.45, 2.75) is 25.0 Å². The number of ether oxygens (including phenoxy) is 1. The van der Waals surface area contributed by atoms with Gasteiger partial charge in [0.1, 0.15) is 0 Å². The maximum atomic E-state index is 10.2. The third-order valence-corrected chi connectivity index (χ3v) is 3.57. The van der Waals surface area contributed by atoms with Gasteiger partial charge in [0.25, 0.3) is 0 Å². The molecule has 0 aliphatic carbocycles. The number of nitrogens with zero attached hydrogens (tertiary/aromatic N) is 1. The lowest BCUT2D eigenvalue weighted by molar-refractivity contribution is 0.0859. The SMILES string of the molecule is NC(Cc1ccccc1)C(O)CN1CCCOCC1. The van der Waals surface area contributed by atoms with Gasteiger partial charge in [0.05, 0.1) is 12.7 Å². The summed E-state index contributed by atoms with van der Waals surface area (Å²) in [6.45, 7) is 4.07. The normalized spacial score (nSPS) is 20.7. The van der Waals surface area contributed by atoms with Crippen LogP contribution in [-0.2, 0) is 11.2 Å². The summed E-state index contributed by atoms with van der Waals surface area (Å²) in [5.41, 5.74) is 7.27. The van der Waals surface area contributed by atoms with Crippen LogP contribution in [0.4, 0.5) is 0 Å². The first-order chi connectivity index (χ1) is 9.25. The molecular weight excluding hydrogens is 240 g/mol. The van der Waals surface area contributed by atoms with Crippen LogP contribution in [-0.4, -0.2) is 55.0 Å². The van der Waals surface area contributed by atoms with E-state index in [-0.39, 0.29) is 6.04 Å². The fourth-order valence-electron chi connectivity index (χ4n) is 2.40. The maximum Gasteiger partial charge on any atom is 0.0820 e. The van der Waals surface area contributed by atoms with Crippen molar-refractivity contribution in [3.8, 4) is 0 Å². The largest absolute Gasteiger partial charge is 0.390 e. The molecule has 1 heterocycles. The number of rotatable bonds is 5. The van der Waals surface area contributed by atoms with Gasteiger partial charge >= 0.3 is 0 Å². The van der Waals surface area contributed by atoms with Crippen LogP contribution in [0.1, 0.15) is 12.0 Å². The number of aliphatic hydroxyl groups is 1. The zero-order valence-electron chi connectivity index (χ0n) is 11.4. The molecule has 19 heavy (non-hydrogen) atoms. The highest BCUT2D eigenvalue weighted by Gasteiger charge is 2.19. The van der Waals surface area contributed by atoms with E-state index >= 15 is 0 Å². The summed E-state index contributed by atoms with van der Waals surface area (Å²) in [5.74, 6) is 0. The molecule has 0 spiro atoms. The first-order valence-corrected chi connectivity index (χ1v) is 7.03. The van der Waals surface area contributed by atoms with E-state index in [2.05, 4.69) is 4.90 Å². The summed E-state index contributed by atoms with van der Waals surface area (Å²) in [7, 11) is 0. The van der Waals surface area contributed by atoms with Crippen molar-refractivity contribution in [1.29, 1.82) is 0 Å². The van der Waals surface area contributed by atoms with E-state index in [4.69, 9.17) is 10.5 Å². The average Bonchev–Trinajstić information content (AvgIpc) is 2.68. The molecule has 0 saturated carbocycles. The monoisotopic (exact) mass is 264 g/mol. The smallest absolute Gasteiger partial charge is 0.0820 e. The van der Waals surface area contributed by atoms with Crippen LogP contribution in [0, 0.1) is 0 Å². The minimum atomic E-state index is -0.488. The molecule has 0 radical (unpaired) electrons. The predicted molar refractivity (Wildman–Crippen MR) is 76.0 cm³/mol. The summed E-state index contributed by atoms with van der Waals surface area (Å²) in [4.78, 5) is 2.24. The lowest BCUT2D eigenvalue weighted by Crippen LogP contribution is -2.45. The second kappa shape index (κ2) is 7.60. The summed E-state index contributed by atoms with van der Waals surface area (Å²) in [6.07, 6.45) is 1.26. The van der Waals surface area contributed by atoms with Crippen LogP contribution >= 0.6 is 0 Å². The molecule has 0 bridgehead atoms. The molecule has 1 aliphatic heterocycles. The van der Waals surface area contributed by atoms with Crippen LogP contribution in [0.25, 0.3) is 0 Å². The van der Waals surface area contributed by atoms with Crippen LogP contribution in [0.15, 0.2) is 30.3 Å². The van der Waals surface area contributed by atoms with Crippen molar-refractivity contribution in [3.63, 3.8) is 0 Å². The van der Waals surface area contributed by atoms with Crippen molar-refractivity contribution in [1.82, 2.24) is 4.90 Å². The number of aliphatic hydroxyl groups excluding tert-OH is 1. The third-order valence-electron chi connectivity index (χ3n) is 3.57. The zero-order chi connectivity index (χ0) is 13.5. The molecule has 2 unspecified atom stereocenters. The van der Waals surface area contributed by atoms with Gasteiger partial charge in [0.15, 0.2) is 0 Å². The highest BCUT2D eigenvalue weighted by molar-refractivity contribution is 5.16. The first kappa shape index (κ1) is 14.5. The second-order valence-corrected chi connectivity index (χ2v) is 5.19. The number of β-amino-alcohol motifs (C(OH)–C–C–N with tert-alkyl or cyclic N) is 1. The fraction of sp³-hybridized carbons (Fsp3) is 0.600. The van der Waals surface area contributed by atoms with E-state index in [9.17, 15) is 5.11 Å². The standard InChI is InChI=1S/C15H24N2O2/c16-14(11-13-5-2-1-3-6-13)15(18)12-17-7-4-9-19-10-8-17/h1-3,5-6,14-15,18H,4,7-12,16H2. The summed E-state index contributed by atoms with van der Waals surface area (Å²) in [5, 5.41) is 10.2. The zero-order valence-corrected chi connectivity index (χ0v) is 11.4. The summed E-state index contributed by atoms with van der Waals surface area (Å²) < 4.78 is 5.41. The Morgan fingerprint density at radius 1 is 1.21 bits per heavy atom. The van der Waals surface area contributed by atoms with Gasteiger partial charge in [-0.15, -0.1) is 0 Å². The summed E-state index contributed by atoms with van der Waals surface area (Å²) >= 11 is 0. The second-order valence-electron chi connectivity index (χ2n) is 5.19. The van der Waals surface area contributed by atoms with Gasteiger partial charge in [-0.2, -0.15) is 0 Å². The fourth-order valence-corrected chi connectivity index (χ4v) is 2.40. The first-order valence-electron chi connectivity index (χ1n) is 7.03. The Kier molecular flexibility index (Phi) is 5.79. The molecule has 2 atom stereocenters. The molecule has 106 valence electrons. The Hall–Kier alpha value is -0.940. The molecule has 2 rings (SSSR count). The van der Waals surface area contributed by atoms with Gasteiger partial charge in [0.2, 0.25) is 0 Å². The Balaban J connectivity index is 1.79. The van der Waals surface area contributed by atoms with Crippen LogP contribution in [0.2, 0.25) is 0 Å². The van der Waals surface area contributed by atoms with Crippen molar-refractivity contribution in [2.75, 3.05) is 32.8 Å². The van der Waals surface area contributed by atoms with Crippen LogP contribution in [0.5, 0.6) is 0 Å². The minimum Gasteiger partial charge on any atom is -0.390 e. The average molecular weight is 264 g/mol. The van der Waals surface area contributed by atoms with Gasteiger partial charge in [-0.1, -0.05) is 30.3 Å². The topological polar surface area (TPSA) is 58.7 Å². The van der Waals surface area contributed by atoms with Crippen LogP contribution < -0.4 is 5.73 Å². The Bertz CT molecular complexity index is 350. The van der Waals surface area contributed by atoms with Gasteiger partial charge in [-0.25, -0.2) is 0 Å². The lowest BCUT2D eigenvalue weighted by Gasteiger charge is -2.26. The van der Waals surface area contributed by atoms with E-state index < -0.39 is 6.10 Å². The van der Waals surface area contributed by atoms with Crippen LogP contribution in [0.3, 0.4) is 0 Å². The maximum absolute atomic E-state index is 10.2. The van der Waals surface area contributed by atoms with E-state index in [0.717, 1.165) is 32.7 Å². The quantitative estimate of drug-likeness (QED) is 0.819. The molecule has 1 aliphatic rings. The number of nitrogens with two attached hydrogens (primary N) is 1. The Morgan fingerprint density at radius 3 is 2.79 bits per heavy atom. The van der Waals surface area contributed by atoms with Gasteiger partial charge in [-0.3, -0.25) is 4.90 Å². The van der Waals surface area contributed by atoms with Gasteiger partial charge < -0.3 is 15.6 Å². The molecule has 0 amide bonds. The van der Waals surface area contributed by atoms with Gasteiger partial charge in [-0.05, 0) is 18.4 Å². The molecule has 1 fully saturated rings. The Labute approximate surface area is 115 Å². The van der Waals surface area contributed by atoms with E-state index in [0.29, 0.717) is 13.0 Å². The molecule has 4 heteroatoms. The van der Waals surface area contributed by atoms with Gasteiger partial charge in [0, 0.05) is 32.3 Å². The number of benzene rings is 1. The number of hydrogen-bond acceptors (Lipinski definition) is 4. The highest BCUT2D eigenvalue weighted by Crippen LogP contribution is 2.07. The molecule has 3 N–H and O–H groups in total. The Morgan fingerprint density at radius 2 is 2.00 bits per heavy atom. The van der Waals surface area contributed by atoms with Crippen molar-refractivity contribution >= 4 is 0 Å². The third kappa shape index (κ3) is 4.91. The molecular formula is C15H24N2O2. The molecule has 1 saturated heterocycles. The molecule has 1 aromatic rings. The molecule has 1 aromatic carbocycles. The number of hydrogen-bond donors (Lipinski definition) is 2. The van der Waals surface area contributed by atoms with E-state index in [1.807, 2.05) is 30.3 Å². The molecule has 4 nitrogen and oxygen atoms in total. The van der Waals surface area contributed by atoms with Crippen molar-refractivity contribution < 1.29 is 9.84 Å². The molecule has 0 aromatic heterocycles. The van der Waals surface area contributed by atoms with Crippen molar-refractivity contribution in [2.24, 2.45) is 5.73 Å². The van der Waals surface area contributed by atoms with Crippen molar-refractivity contribution in [3.05, 3.63) is 35.9 Å². The highest BCUT2D eigenvalue weighted by atomic mass is 16.5. The lowest BCUT2D eigenvalue weighted by atomic mass is 10.0. The van der Waals surface area contributed by atoms with E-state index in [1.54, 1.807) is 0 Å². The summed E-state index contributed by atoms with van der Waals surface area (Å²) in [6, 6.07) is 9.87. The van der Waals surface area contributed by atoms with E-state index in [1.165, 1.54) is 5.56 Å².